The zero-order valence-electron chi connectivity index (χ0n) is 17.4. The first-order valence-corrected chi connectivity index (χ1v) is 10.6. The number of benzene rings is 2. The van der Waals surface area contributed by atoms with E-state index in [0.717, 1.165) is 17.8 Å². The summed E-state index contributed by atoms with van der Waals surface area (Å²) in [5.41, 5.74) is 0.782. The van der Waals surface area contributed by atoms with E-state index in [2.05, 4.69) is 20.4 Å². The lowest BCUT2D eigenvalue weighted by Crippen LogP contribution is -2.36. The number of anilines is 2. The van der Waals surface area contributed by atoms with Gasteiger partial charge in [0.25, 0.3) is 0 Å². The lowest BCUT2D eigenvalue weighted by atomic mass is 10.1. The predicted molar refractivity (Wildman–Crippen MR) is 116 cm³/mol. The first-order chi connectivity index (χ1) is 15.8. The van der Waals surface area contributed by atoms with Gasteiger partial charge in [-0.2, -0.15) is 13.2 Å². The number of halogens is 4. The summed E-state index contributed by atoms with van der Waals surface area (Å²) < 4.78 is 49.6. The molecule has 4 rings (SSSR count). The van der Waals surface area contributed by atoms with E-state index >= 15 is 0 Å². The SMILES string of the molecule is O=C(CCc1nnc(-c2cccc(C(F)(F)F)c2)o1)Nc1cc(Cl)ccc1N1CCOCC1. The van der Waals surface area contributed by atoms with Gasteiger partial charge in [-0.3, -0.25) is 4.79 Å². The van der Waals surface area contributed by atoms with Crippen LogP contribution in [0.4, 0.5) is 24.5 Å². The van der Waals surface area contributed by atoms with Gasteiger partial charge < -0.3 is 19.4 Å². The van der Waals surface area contributed by atoms with Gasteiger partial charge in [-0.15, -0.1) is 10.2 Å². The number of aromatic nitrogens is 2. The molecule has 7 nitrogen and oxygen atoms in total. The van der Waals surface area contributed by atoms with E-state index in [-0.39, 0.29) is 36.1 Å². The number of hydrogen-bond acceptors (Lipinski definition) is 6. The third-order valence-corrected chi connectivity index (χ3v) is 5.29. The molecule has 0 unspecified atom stereocenters. The Kier molecular flexibility index (Phi) is 6.85. The van der Waals surface area contributed by atoms with E-state index in [0.29, 0.717) is 37.0 Å². The fourth-order valence-corrected chi connectivity index (χ4v) is 3.59. The number of hydrogen-bond donors (Lipinski definition) is 1. The average Bonchev–Trinajstić information content (AvgIpc) is 3.27. The smallest absolute Gasteiger partial charge is 0.416 e. The number of ether oxygens (including phenoxy) is 1. The number of nitrogens with one attached hydrogen (secondary N) is 1. The largest absolute Gasteiger partial charge is 0.421 e. The van der Waals surface area contributed by atoms with Crippen LogP contribution in [0.15, 0.2) is 46.9 Å². The Morgan fingerprint density at radius 3 is 2.67 bits per heavy atom. The molecule has 3 aromatic rings. The van der Waals surface area contributed by atoms with Crippen LogP contribution < -0.4 is 10.2 Å². The number of alkyl halides is 3. The Hall–Kier alpha value is -3.11. The fourth-order valence-electron chi connectivity index (χ4n) is 3.42. The standard InChI is InChI=1S/C22H20ClF3N4O3/c23-16-4-5-18(30-8-10-32-11-9-30)17(13-16)27-19(31)6-7-20-28-29-21(33-20)14-2-1-3-15(12-14)22(24,25)26/h1-5,12-13H,6-11H2,(H,27,31). The molecular weight excluding hydrogens is 461 g/mol. The van der Waals surface area contributed by atoms with Gasteiger partial charge in [0.15, 0.2) is 0 Å². The number of carbonyl (C=O) groups excluding carboxylic acids is 1. The van der Waals surface area contributed by atoms with Gasteiger partial charge in [-0.1, -0.05) is 17.7 Å². The van der Waals surface area contributed by atoms with Crippen molar-refractivity contribution in [1.29, 1.82) is 0 Å². The van der Waals surface area contributed by atoms with Gasteiger partial charge in [-0.25, -0.2) is 0 Å². The first-order valence-electron chi connectivity index (χ1n) is 10.2. The Labute approximate surface area is 192 Å². The molecule has 1 aliphatic heterocycles. The Morgan fingerprint density at radius 2 is 1.91 bits per heavy atom. The van der Waals surface area contributed by atoms with Gasteiger partial charge in [-0.05, 0) is 36.4 Å². The van der Waals surface area contributed by atoms with Gasteiger partial charge >= 0.3 is 6.18 Å². The summed E-state index contributed by atoms with van der Waals surface area (Å²) in [7, 11) is 0. The number of carbonyl (C=O) groups is 1. The van der Waals surface area contributed by atoms with Crippen LogP contribution in [0.25, 0.3) is 11.5 Å². The average molecular weight is 481 g/mol. The summed E-state index contributed by atoms with van der Waals surface area (Å²) >= 11 is 6.11. The van der Waals surface area contributed by atoms with E-state index in [1.807, 2.05) is 6.07 Å². The van der Waals surface area contributed by atoms with Crippen molar-refractivity contribution in [2.45, 2.75) is 19.0 Å². The summed E-state index contributed by atoms with van der Waals surface area (Å²) in [5, 5.41) is 11.0. The third kappa shape index (κ3) is 5.82. The molecule has 0 spiro atoms. The van der Waals surface area contributed by atoms with E-state index < -0.39 is 11.7 Å². The van der Waals surface area contributed by atoms with Crippen LogP contribution in [0.2, 0.25) is 5.02 Å². The van der Waals surface area contributed by atoms with Crippen molar-refractivity contribution in [3.05, 3.63) is 58.9 Å². The molecule has 0 bridgehead atoms. The number of amides is 1. The van der Waals surface area contributed by atoms with E-state index in [9.17, 15) is 18.0 Å². The summed E-state index contributed by atoms with van der Waals surface area (Å²) in [5.74, 6) is -0.177. The van der Waals surface area contributed by atoms with Crippen molar-refractivity contribution in [2.24, 2.45) is 0 Å². The van der Waals surface area contributed by atoms with Gasteiger partial charge in [0, 0.05) is 36.5 Å². The second kappa shape index (κ2) is 9.80. The molecule has 33 heavy (non-hydrogen) atoms. The van der Waals surface area contributed by atoms with Gasteiger partial charge in [0.05, 0.1) is 30.2 Å². The van der Waals surface area contributed by atoms with Crippen molar-refractivity contribution in [3.8, 4) is 11.5 Å². The zero-order chi connectivity index (χ0) is 23.4. The highest BCUT2D eigenvalue weighted by Gasteiger charge is 2.31. The van der Waals surface area contributed by atoms with E-state index in [4.69, 9.17) is 20.8 Å². The summed E-state index contributed by atoms with van der Waals surface area (Å²) in [6, 6.07) is 9.92. The minimum absolute atomic E-state index is 0.0408. The quantitative estimate of drug-likeness (QED) is 0.545. The topological polar surface area (TPSA) is 80.5 Å². The molecule has 1 aromatic heterocycles. The minimum Gasteiger partial charge on any atom is -0.421 e. The van der Waals surface area contributed by atoms with Crippen LogP contribution in [0.1, 0.15) is 17.9 Å². The first kappa shape index (κ1) is 23.1. The summed E-state index contributed by atoms with van der Waals surface area (Å²) in [6.45, 7) is 2.60. The molecule has 1 saturated heterocycles. The van der Waals surface area contributed by atoms with Crippen LogP contribution in [0, 0.1) is 0 Å². The van der Waals surface area contributed by atoms with Crippen LogP contribution in [-0.4, -0.2) is 42.4 Å². The molecular formula is C22H20ClF3N4O3. The molecule has 2 aromatic carbocycles. The lowest BCUT2D eigenvalue weighted by molar-refractivity contribution is -0.137. The molecule has 1 aliphatic rings. The molecule has 0 saturated carbocycles. The van der Waals surface area contributed by atoms with E-state index in [1.54, 1.807) is 12.1 Å². The number of morpholine rings is 1. The maximum atomic E-state index is 12.9. The minimum atomic E-state index is -4.47. The maximum absolute atomic E-state index is 12.9. The van der Waals surface area contributed by atoms with Crippen LogP contribution in [0.3, 0.4) is 0 Å². The lowest BCUT2D eigenvalue weighted by Gasteiger charge is -2.30. The summed E-state index contributed by atoms with van der Waals surface area (Å²) in [6.07, 6.45) is -4.30. The summed E-state index contributed by atoms with van der Waals surface area (Å²) in [4.78, 5) is 14.7. The van der Waals surface area contributed by atoms with Crippen LogP contribution in [0.5, 0.6) is 0 Å². The Morgan fingerprint density at radius 1 is 1.12 bits per heavy atom. The number of aryl methyl sites for hydroxylation is 1. The molecule has 0 atom stereocenters. The normalized spacial score (nSPS) is 14.4. The van der Waals surface area contributed by atoms with Crippen LogP contribution >= 0.6 is 11.6 Å². The van der Waals surface area contributed by atoms with Crippen LogP contribution in [-0.2, 0) is 22.1 Å². The highest BCUT2D eigenvalue weighted by atomic mass is 35.5. The zero-order valence-corrected chi connectivity index (χ0v) is 18.1. The van der Waals surface area contributed by atoms with Gasteiger partial charge in [0.2, 0.25) is 17.7 Å². The monoisotopic (exact) mass is 480 g/mol. The predicted octanol–water partition coefficient (Wildman–Crippen LogP) is 4.82. The van der Waals surface area contributed by atoms with Crippen molar-refractivity contribution in [3.63, 3.8) is 0 Å². The van der Waals surface area contributed by atoms with Crippen molar-refractivity contribution >= 4 is 28.9 Å². The Balaban J connectivity index is 1.40. The van der Waals surface area contributed by atoms with Gasteiger partial charge in [0.1, 0.15) is 0 Å². The maximum Gasteiger partial charge on any atom is 0.416 e. The molecule has 174 valence electrons. The molecule has 1 amide bonds. The molecule has 2 heterocycles. The second-order valence-electron chi connectivity index (χ2n) is 7.39. The van der Waals surface area contributed by atoms with Crippen molar-refractivity contribution in [1.82, 2.24) is 10.2 Å². The number of nitrogens with zero attached hydrogens (tertiary/aromatic N) is 3. The molecule has 11 heteroatoms. The van der Waals surface area contributed by atoms with Crippen molar-refractivity contribution in [2.75, 3.05) is 36.5 Å². The highest BCUT2D eigenvalue weighted by Crippen LogP contribution is 2.32. The molecule has 1 fully saturated rings. The highest BCUT2D eigenvalue weighted by molar-refractivity contribution is 6.31. The van der Waals surface area contributed by atoms with Crippen molar-refractivity contribution < 1.29 is 27.1 Å². The molecule has 1 N–H and O–H groups in total. The molecule has 0 aliphatic carbocycles. The second-order valence-corrected chi connectivity index (χ2v) is 7.83. The van der Waals surface area contributed by atoms with E-state index in [1.165, 1.54) is 12.1 Å². The number of rotatable bonds is 6. The molecule has 0 radical (unpaired) electrons. The fraction of sp³-hybridized carbons (Fsp3) is 0.318. The Bertz CT molecular complexity index is 1130. The third-order valence-electron chi connectivity index (χ3n) is 5.05.